The summed E-state index contributed by atoms with van der Waals surface area (Å²) < 4.78 is 39.4. The van der Waals surface area contributed by atoms with Gasteiger partial charge in [-0.3, -0.25) is 9.69 Å². The number of nitrogens with one attached hydrogen (secondary N) is 1. The Hall–Kier alpha value is -3.57. The molecule has 1 amide bonds. The van der Waals surface area contributed by atoms with Crippen LogP contribution in [-0.2, 0) is 27.9 Å². The Bertz CT molecular complexity index is 1920. The fraction of sp³-hybridized carbons (Fsp3) is 0.333. The summed E-state index contributed by atoms with van der Waals surface area (Å²) in [6.07, 6.45) is 3.01. The second-order valence-corrected chi connectivity index (χ2v) is 14.6. The Kier molecular flexibility index (Phi) is 8.36. The van der Waals surface area contributed by atoms with E-state index in [2.05, 4.69) is 16.3 Å². The SMILES string of the molecule is CC(C)(C)OC(=O)n1c(-c2ccc(OS(=O)(=O)c3c(Cl)cccc3Cl)c3c2C(=O)NC3)cc2cc(CN3CCCCC3)ccc21. The van der Waals surface area contributed by atoms with Gasteiger partial charge in [0.2, 0.25) is 0 Å². The molecule has 0 bridgehead atoms. The normalized spacial score (nSPS) is 15.6. The van der Waals surface area contributed by atoms with E-state index in [4.69, 9.17) is 32.1 Å². The zero-order valence-corrected chi connectivity index (χ0v) is 27.5. The molecule has 2 aliphatic heterocycles. The smallest absolute Gasteiger partial charge is 0.419 e. The molecule has 1 aromatic heterocycles. The highest BCUT2D eigenvalue weighted by Gasteiger charge is 2.33. The summed E-state index contributed by atoms with van der Waals surface area (Å²) in [5, 5.41) is 3.39. The zero-order valence-electron chi connectivity index (χ0n) is 25.2. The van der Waals surface area contributed by atoms with Gasteiger partial charge in [0.15, 0.2) is 0 Å². The van der Waals surface area contributed by atoms with Gasteiger partial charge in [-0.2, -0.15) is 8.42 Å². The van der Waals surface area contributed by atoms with Crippen LogP contribution in [0.3, 0.4) is 0 Å². The molecule has 9 nitrogen and oxygen atoms in total. The van der Waals surface area contributed by atoms with E-state index in [9.17, 15) is 18.0 Å². The lowest BCUT2D eigenvalue weighted by atomic mass is 9.99. The van der Waals surface area contributed by atoms with Gasteiger partial charge in [0.05, 0.1) is 26.8 Å². The number of halogens is 2. The molecule has 0 radical (unpaired) electrons. The molecule has 6 rings (SSSR count). The molecular formula is C33H33Cl2N3O6S. The van der Waals surface area contributed by atoms with Crippen molar-refractivity contribution in [2.24, 2.45) is 0 Å². The van der Waals surface area contributed by atoms with Crippen LogP contribution in [0.2, 0.25) is 10.0 Å². The number of aromatic nitrogens is 1. The lowest BCUT2D eigenvalue weighted by Gasteiger charge is -2.26. The molecule has 12 heteroatoms. The Morgan fingerprint density at radius 3 is 2.38 bits per heavy atom. The molecule has 0 unspecified atom stereocenters. The van der Waals surface area contributed by atoms with Crippen molar-refractivity contribution in [3.8, 4) is 17.0 Å². The van der Waals surface area contributed by atoms with E-state index in [0.717, 1.165) is 30.6 Å². The van der Waals surface area contributed by atoms with Crippen LogP contribution in [0.15, 0.2) is 59.5 Å². The van der Waals surface area contributed by atoms with Crippen molar-refractivity contribution >= 4 is 56.2 Å². The first-order chi connectivity index (χ1) is 21.3. The van der Waals surface area contributed by atoms with Crippen molar-refractivity contribution in [1.29, 1.82) is 0 Å². The Morgan fingerprint density at radius 1 is 0.978 bits per heavy atom. The third-order valence-electron chi connectivity index (χ3n) is 7.86. The van der Waals surface area contributed by atoms with Gasteiger partial charge in [-0.25, -0.2) is 9.36 Å². The second-order valence-electron chi connectivity index (χ2n) is 12.3. The minimum Gasteiger partial charge on any atom is -0.443 e. The summed E-state index contributed by atoms with van der Waals surface area (Å²) in [6.45, 7) is 8.29. The number of fused-ring (bicyclic) bond motifs is 2. The first-order valence-electron chi connectivity index (χ1n) is 14.8. The molecule has 1 saturated heterocycles. The van der Waals surface area contributed by atoms with Crippen LogP contribution in [-0.4, -0.2) is 48.6 Å². The summed E-state index contributed by atoms with van der Waals surface area (Å²) in [6, 6.07) is 15.2. The highest BCUT2D eigenvalue weighted by molar-refractivity contribution is 7.87. The predicted octanol–water partition coefficient (Wildman–Crippen LogP) is 7.40. The average Bonchev–Trinajstić information content (AvgIpc) is 3.53. The number of ether oxygens (including phenoxy) is 1. The van der Waals surface area contributed by atoms with E-state index >= 15 is 0 Å². The number of rotatable bonds is 6. The highest BCUT2D eigenvalue weighted by atomic mass is 35.5. The molecular weight excluding hydrogens is 637 g/mol. The van der Waals surface area contributed by atoms with Gasteiger partial charge in [-0.15, -0.1) is 0 Å². The van der Waals surface area contributed by atoms with Crippen molar-refractivity contribution in [2.75, 3.05) is 13.1 Å². The molecule has 3 heterocycles. The van der Waals surface area contributed by atoms with Crippen molar-refractivity contribution in [2.45, 2.75) is 63.6 Å². The maximum absolute atomic E-state index is 13.7. The van der Waals surface area contributed by atoms with E-state index in [1.54, 1.807) is 26.8 Å². The maximum atomic E-state index is 13.7. The fourth-order valence-electron chi connectivity index (χ4n) is 5.93. The van der Waals surface area contributed by atoms with E-state index < -0.39 is 27.7 Å². The molecule has 0 atom stereocenters. The lowest BCUT2D eigenvalue weighted by molar-refractivity contribution is 0.0546. The first-order valence-corrected chi connectivity index (χ1v) is 16.9. The second kappa shape index (κ2) is 12.0. The first kappa shape index (κ1) is 31.4. The molecule has 0 aliphatic carbocycles. The van der Waals surface area contributed by atoms with Gasteiger partial charge in [-0.05, 0) is 94.7 Å². The molecule has 45 heavy (non-hydrogen) atoms. The number of carbonyl (C=O) groups is 2. The molecule has 1 fully saturated rings. The Morgan fingerprint density at radius 2 is 1.69 bits per heavy atom. The minimum atomic E-state index is -4.46. The standard InChI is InChI=1S/C33H33Cl2N3O6S/c1-33(2,3)43-32(40)38-26-12-10-20(19-37-14-5-4-6-15-37)16-21(26)17-27(38)22-11-13-28(23-18-36-31(39)29(22)23)44-45(41,42)30-24(34)8-7-9-25(30)35/h7-13,16-17H,4-6,14-15,18-19H2,1-3H3,(H,36,39). The number of carbonyl (C=O) groups excluding carboxylic acids is 2. The third kappa shape index (κ3) is 6.29. The minimum absolute atomic E-state index is 0.0236. The molecule has 4 aromatic rings. The van der Waals surface area contributed by atoms with Gasteiger partial charge in [0.25, 0.3) is 5.91 Å². The van der Waals surface area contributed by atoms with Crippen LogP contribution in [0.25, 0.3) is 22.2 Å². The van der Waals surface area contributed by atoms with E-state index in [1.165, 1.54) is 48.1 Å². The quantitative estimate of drug-likeness (QED) is 0.213. The van der Waals surface area contributed by atoms with Gasteiger partial charge in [0, 0.05) is 29.6 Å². The van der Waals surface area contributed by atoms with Crippen LogP contribution in [0.4, 0.5) is 4.79 Å². The predicted molar refractivity (Wildman–Crippen MR) is 174 cm³/mol. The Balaban J connectivity index is 1.46. The number of amides is 1. The topological polar surface area (TPSA) is 107 Å². The average molecular weight is 671 g/mol. The van der Waals surface area contributed by atoms with Gasteiger partial charge >= 0.3 is 16.2 Å². The number of hydrogen-bond donors (Lipinski definition) is 1. The fourth-order valence-corrected chi connectivity index (χ4v) is 7.99. The van der Waals surface area contributed by atoms with Crippen molar-refractivity contribution in [3.63, 3.8) is 0 Å². The monoisotopic (exact) mass is 669 g/mol. The van der Waals surface area contributed by atoms with Crippen LogP contribution in [0.1, 0.15) is 61.5 Å². The van der Waals surface area contributed by atoms with Gasteiger partial charge in [0.1, 0.15) is 16.2 Å². The summed E-state index contributed by atoms with van der Waals surface area (Å²) >= 11 is 12.3. The summed E-state index contributed by atoms with van der Waals surface area (Å²) in [7, 11) is -4.46. The van der Waals surface area contributed by atoms with Gasteiger partial charge < -0.3 is 14.2 Å². The largest absolute Gasteiger partial charge is 0.443 e. The van der Waals surface area contributed by atoms with E-state index in [0.29, 0.717) is 22.3 Å². The van der Waals surface area contributed by atoms with Crippen molar-refractivity contribution < 1.29 is 26.9 Å². The van der Waals surface area contributed by atoms with Crippen LogP contribution in [0, 0.1) is 0 Å². The maximum Gasteiger partial charge on any atom is 0.419 e. The van der Waals surface area contributed by atoms with Gasteiger partial charge in [-0.1, -0.05) is 41.8 Å². The molecule has 2 aliphatic rings. The number of likely N-dealkylation sites (tertiary alicyclic amines) is 1. The number of nitrogens with zero attached hydrogens (tertiary/aromatic N) is 2. The molecule has 3 aromatic carbocycles. The molecule has 0 spiro atoms. The third-order valence-corrected chi connectivity index (χ3v) is 10.1. The summed E-state index contributed by atoms with van der Waals surface area (Å²) in [5.74, 6) is -0.475. The number of benzene rings is 3. The van der Waals surface area contributed by atoms with Crippen molar-refractivity contribution in [1.82, 2.24) is 14.8 Å². The summed E-state index contributed by atoms with van der Waals surface area (Å²) in [5.41, 5.74) is 2.37. The number of piperidine rings is 1. The van der Waals surface area contributed by atoms with E-state index in [1.807, 2.05) is 18.2 Å². The zero-order chi connectivity index (χ0) is 32.1. The van der Waals surface area contributed by atoms with Crippen molar-refractivity contribution in [3.05, 3.63) is 81.3 Å². The Labute approximate surface area is 272 Å². The molecule has 236 valence electrons. The van der Waals surface area contributed by atoms with Crippen LogP contribution in [0.5, 0.6) is 5.75 Å². The van der Waals surface area contributed by atoms with E-state index in [-0.39, 0.29) is 32.8 Å². The number of hydrogen-bond acceptors (Lipinski definition) is 7. The van der Waals surface area contributed by atoms with Crippen LogP contribution < -0.4 is 9.50 Å². The molecule has 0 saturated carbocycles. The molecule has 1 N–H and O–H groups in total. The van der Waals surface area contributed by atoms with Crippen LogP contribution >= 0.6 is 23.2 Å². The lowest BCUT2D eigenvalue weighted by Crippen LogP contribution is -2.29. The summed E-state index contributed by atoms with van der Waals surface area (Å²) in [4.78, 5) is 29.0. The highest BCUT2D eigenvalue weighted by Crippen LogP contribution is 2.40.